The molecule has 208 valence electrons. The van der Waals surface area contributed by atoms with Crippen LogP contribution in [0.1, 0.15) is 36.1 Å². The third-order valence-corrected chi connectivity index (χ3v) is 8.62. The van der Waals surface area contributed by atoms with Crippen LogP contribution in [0.4, 0.5) is 0 Å². The molecule has 0 aliphatic carbocycles. The van der Waals surface area contributed by atoms with Crippen molar-refractivity contribution in [2.45, 2.75) is 19.3 Å². The van der Waals surface area contributed by atoms with E-state index < -0.39 is 17.4 Å². The van der Waals surface area contributed by atoms with E-state index in [-0.39, 0.29) is 0 Å². The Kier molecular flexibility index (Phi) is 10.6. The number of carbonyl (C=O) groups excluding carboxylic acids is 2. The lowest BCUT2D eigenvalue weighted by atomic mass is 9.78. The first-order valence-corrected chi connectivity index (χ1v) is 15.6. The predicted octanol–water partition coefficient (Wildman–Crippen LogP) is 10.3. The van der Waals surface area contributed by atoms with Gasteiger partial charge < -0.3 is 9.47 Å². The average molecular weight is 804 g/mol. The summed E-state index contributed by atoms with van der Waals surface area (Å²) in [5.74, 6) is -0.196. The first-order chi connectivity index (χ1) is 19.5. The van der Waals surface area contributed by atoms with Gasteiger partial charge in [-0.15, -0.1) is 0 Å². The molecule has 8 heteroatoms. The molecule has 4 rings (SSSR count). The lowest BCUT2D eigenvalue weighted by molar-refractivity contribution is -0.129. The van der Waals surface area contributed by atoms with Crippen LogP contribution >= 0.6 is 63.7 Å². The molecule has 0 saturated heterocycles. The van der Waals surface area contributed by atoms with Gasteiger partial charge in [-0.1, -0.05) is 74.5 Å². The van der Waals surface area contributed by atoms with Gasteiger partial charge in [0.2, 0.25) is 0 Å². The summed E-state index contributed by atoms with van der Waals surface area (Å²) < 4.78 is 13.8. The van der Waals surface area contributed by atoms with Gasteiger partial charge in [-0.25, -0.2) is 9.59 Å². The number of hydrogen-bond acceptors (Lipinski definition) is 4. The quantitative estimate of drug-likeness (QED) is 0.101. The highest BCUT2D eigenvalue weighted by molar-refractivity contribution is 9.11. The van der Waals surface area contributed by atoms with E-state index in [4.69, 9.17) is 9.47 Å². The molecule has 0 unspecified atom stereocenters. The Balaban J connectivity index is 1.52. The summed E-state index contributed by atoms with van der Waals surface area (Å²) in [6, 6.07) is 26.8. The van der Waals surface area contributed by atoms with Crippen LogP contribution in [0.2, 0.25) is 0 Å². The summed E-state index contributed by atoms with van der Waals surface area (Å²) in [5, 5.41) is 0. The lowest BCUT2D eigenvalue weighted by Crippen LogP contribution is -2.20. The lowest BCUT2D eigenvalue weighted by Gasteiger charge is -2.28. The first kappa shape index (κ1) is 31.2. The summed E-state index contributed by atoms with van der Waals surface area (Å²) in [4.78, 5) is 25.0. The van der Waals surface area contributed by atoms with E-state index in [0.29, 0.717) is 29.4 Å². The molecule has 0 bridgehead atoms. The molecule has 4 nitrogen and oxygen atoms in total. The summed E-state index contributed by atoms with van der Waals surface area (Å²) in [7, 11) is 0. The molecule has 4 aromatic rings. The average Bonchev–Trinajstić information content (AvgIpc) is 2.95. The highest BCUT2D eigenvalue weighted by atomic mass is 79.9. The smallest absolute Gasteiger partial charge is 0.336 e. The largest absolute Gasteiger partial charge is 0.421 e. The third-order valence-electron chi connectivity index (χ3n) is 6.27. The Labute approximate surface area is 273 Å². The fourth-order valence-corrected chi connectivity index (χ4v) is 6.63. The van der Waals surface area contributed by atoms with E-state index in [1.54, 1.807) is 12.2 Å². The van der Waals surface area contributed by atoms with Crippen molar-refractivity contribution >= 4 is 87.8 Å². The minimum atomic E-state index is -0.487. The van der Waals surface area contributed by atoms with E-state index in [0.717, 1.165) is 22.3 Å². The topological polar surface area (TPSA) is 52.6 Å². The predicted molar refractivity (Wildman–Crippen MR) is 178 cm³/mol. The summed E-state index contributed by atoms with van der Waals surface area (Å²) in [6.07, 6.45) is 6.20. The van der Waals surface area contributed by atoms with E-state index in [1.807, 2.05) is 84.9 Å². The molecule has 0 aliphatic heterocycles. The van der Waals surface area contributed by atoms with Crippen molar-refractivity contribution < 1.29 is 19.1 Å². The minimum absolute atomic E-state index is 0.389. The van der Waals surface area contributed by atoms with Gasteiger partial charge in [0.25, 0.3) is 0 Å². The Bertz CT molecular complexity index is 1460. The molecule has 0 radical (unpaired) electrons. The number of rotatable bonds is 8. The first-order valence-electron chi connectivity index (χ1n) is 12.4. The molecule has 0 heterocycles. The number of esters is 2. The summed E-state index contributed by atoms with van der Waals surface area (Å²) in [6.45, 7) is 4.16. The molecular formula is C33H24Br4O4. The van der Waals surface area contributed by atoms with Gasteiger partial charge in [-0.3, -0.25) is 0 Å². The molecule has 0 atom stereocenters. The molecule has 0 N–H and O–H groups in total. The van der Waals surface area contributed by atoms with Crippen LogP contribution in [0.25, 0.3) is 12.2 Å². The van der Waals surface area contributed by atoms with E-state index in [2.05, 4.69) is 77.6 Å². The van der Waals surface area contributed by atoms with Gasteiger partial charge in [0.15, 0.2) is 11.5 Å². The Hall–Kier alpha value is -2.78. The minimum Gasteiger partial charge on any atom is -0.421 e. The third kappa shape index (κ3) is 8.16. The van der Waals surface area contributed by atoms with Crippen molar-refractivity contribution in [1.29, 1.82) is 0 Å². The molecule has 0 aromatic heterocycles. The number of carbonyl (C=O) groups is 2. The Morgan fingerprint density at radius 3 is 1.22 bits per heavy atom. The van der Waals surface area contributed by atoms with Gasteiger partial charge in [-0.2, -0.15) is 0 Å². The highest BCUT2D eigenvalue weighted by Gasteiger charge is 2.28. The summed E-state index contributed by atoms with van der Waals surface area (Å²) >= 11 is 14.3. The van der Waals surface area contributed by atoms with Crippen molar-refractivity contribution in [2.75, 3.05) is 0 Å². The molecule has 0 spiro atoms. The van der Waals surface area contributed by atoms with Crippen LogP contribution in [-0.4, -0.2) is 11.9 Å². The van der Waals surface area contributed by atoms with Crippen molar-refractivity contribution in [3.05, 3.63) is 137 Å². The van der Waals surface area contributed by atoms with Crippen LogP contribution in [0.3, 0.4) is 0 Å². The summed E-state index contributed by atoms with van der Waals surface area (Å²) in [5.41, 5.74) is 3.26. The number of hydrogen-bond donors (Lipinski definition) is 0. The van der Waals surface area contributed by atoms with Crippen molar-refractivity contribution in [3.8, 4) is 11.5 Å². The Morgan fingerprint density at radius 1 is 0.585 bits per heavy atom. The van der Waals surface area contributed by atoms with Crippen LogP contribution in [0, 0.1) is 0 Å². The molecule has 0 saturated carbocycles. The standard InChI is InChI=1S/C33H24Br4O4/c1-33(2,23-17-25(34)31(26(35)18-23)40-29(38)15-13-21-9-5-3-6-10-21)24-19-27(36)32(28(37)20-24)41-30(39)16-14-22-11-7-4-8-12-22/h3-20H,1-2H3. The molecule has 0 aliphatic rings. The van der Waals surface area contributed by atoms with Crippen molar-refractivity contribution in [3.63, 3.8) is 0 Å². The number of ether oxygens (including phenoxy) is 2. The molecule has 0 amide bonds. The second-order valence-corrected chi connectivity index (χ2v) is 12.9. The fourth-order valence-electron chi connectivity index (χ4n) is 3.93. The number of benzene rings is 4. The second-order valence-electron chi connectivity index (χ2n) is 9.49. The molecule has 4 aromatic carbocycles. The van der Waals surface area contributed by atoms with Gasteiger partial charge in [0.1, 0.15) is 0 Å². The Morgan fingerprint density at radius 2 is 0.902 bits per heavy atom. The zero-order chi connectivity index (χ0) is 29.6. The van der Waals surface area contributed by atoms with Crippen LogP contribution in [-0.2, 0) is 15.0 Å². The van der Waals surface area contributed by atoms with E-state index >= 15 is 0 Å². The normalized spacial score (nSPS) is 11.7. The maximum Gasteiger partial charge on any atom is 0.336 e. The zero-order valence-corrected chi connectivity index (χ0v) is 28.4. The second kappa shape index (κ2) is 13.9. The van der Waals surface area contributed by atoms with Crippen LogP contribution in [0.5, 0.6) is 11.5 Å². The molecule has 41 heavy (non-hydrogen) atoms. The monoisotopic (exact) mass is 800 g/mol. The van der Waals surface area contributed by atoms with E-state index in [1.165, 1.54) is 12.2 Å². The zero-order valence-electron chi connectivity index (χ0n) is 22.0. The van der Waals surface area contributed by atoms with E-state index in [9.17, 15) is 9.59 Å². The van der Waals surface area contributed by atoms with Crippen LogP contribution in [0.15, 0.2) is 115 Å². The van der Waals surface area contributed by atoms with Crippen molar-refractivity contribution in [1.82, 2.24) is 0 Å². The SMILES string of the molecule is CC(C)(c1cc(Br)c(OC(=O)C=Cc2ccccc2)c(Br)c1)c1cc(Br)c(OC(=O)C=Cc2ccccc2)c(Br)c1. The molecule has 0 fully saturated rings. The number of halogens is 4. The molecular weight excluding hydrogens is 780 g/mol. The van der Waals surface area contributed by atoms with Crippen molar-refractivity contribution in [2.24, 2.45) is 0 Å². The maximum atomic E-state index is 12.5. The van der Waals surface area contributed by atoms with Gasteiger partial charge in [-0.05, 0) is 122 Å². The fraction of sp³-hybridized carbons (Fsp3) is 0.0909. The maximum absolute atomic E-state index is 12.5. The van der Waals surface area contributed by atoms with Gasteiger partial charge >= 0.3 is 11.9 Å². The van der Waals surface area contributed by atoms with Gasteiger partial charge in [0, 0.05) is 17.6 Å². The van der Waals surface area contributed by atoms with Gasteiger partial charge in [0.05, 0.1) is 17.9 Å². The highest BCUT2D eigenvalue weighted by Crippen LogP contribution is 2.44. The van der Waals surface area contributed by atoms with Crippen LogP contribution < -0.4 is 9.47 Å².